The highest BCUT2D eigenvalue weighted by molar-refractivity contribution is 5.73. The zero-order valence-electron chi connectivity index (χ0n) is 8.55. The van der Waals surface area contributed by atoms with E-state index in [9.17, 15) is 4.79 Å². The standard InChI is InChI=1S/C9H20N2O2/c1-3-10-9(13)11(2)7-5-4-6-8-12/h12H,3-8H2,1-2H3,(H,10,13). The van der Waals surface area contributed by atoms with Crippen LogP contribution in [0.25, 0.3) is 0 Å². The molecule has 78 valence electrons. The second kappa shape index (κ2) is 7.86. The van der Waals surface area contributed by atoms with Gasteiger partial charge in [0.05, 0.1) is 0 Å². The van der Waals surface area contributed by atoms with Gasteiger partial charge in [-0.25, -0.2) is 4.79 Å². The molecule has 2 N–H and O–H groups in total. The molecule has 4 heteroatoms. The Morgan fingerprint density at radius 3 is 2.62 bits per heavy atom. The van der Waals surface area contributed by atoms with Crippen molar-refractivity contribution in [3.05, 3.63) is 0 Å². The highest BCUT2D eigenvalue weighted by atomic mass is 16.2. The molecular formula is C9H20N2O2. The summed E-state index contributed by atoms with van der Waals surface area (Å²) in [5.41, 5.74) is 0. The van der Waals surface area contributed by atoms with Crippen molar-refractivity contribution in [2.24, 2.45) is 0 Å². The van der Waals surface area contributed by atoms with E-state index in [2.05, 4.69) is 5.32 Å². The first-order valence-corrected chi connectivity index (χ1v) is 4.82. The largest absolute Gasteiger partial charge is 0.396 e. The first kappa shape index (κ1) is 12.2. The molecule has 0 atom stereocenters. The first-order valence-electron chi connectivity index (χ1n) is 4.82. The van der Waals surface area contributed by atoms with Gasteiger partial charge in [0.15, 0.2) is 0 Å². The van der Waals surface area contributed by atoms with E-state index in [4.69, 9.17) is 5.11 Å². The molecule has 0 radical (unpaired) electrons. The number of rotatable bonds is 6. The van der Waals surface area contributed by atoms with E-state index < -0.39 is 0 Å². The number of hydrogen-bond acceptors (Lipinski definition) is 2. The predicted molar refractivity (Wildman–Crippen MR) is 52.6 cm³/mol. The summed E-state index contributed by atoms with van der Waals surface area (Å²) in [6.07, 6.45) is 2.75. The molecule has 0 unspecified atom stereocenters. The van der Waals surface area contributed by atoms with Crippen molar-refractivity contribution < 1.29 is 9.90 Å². The maximum atomic E-state index is 11.2. The molecule has 0 aliphatic rings. The third-order valence-corrected chi connectivity index (χ3v) is 1.83. The molecule has 0 fully saturated rings. The Morgan fingerprint density at radius 2 is 2.08 bits per heavy atom. The summed E-state index contributed by atoms with van der Waals surface area (Å²) in [6.45, 7) is 3.56. The van der Waals surface area contributed by atoms with Crippen LogP contribution in [0.3, 0.4) is 0 Å². The van der Waals surface area contributed by atoms with Gasteiger partial charge in [-0.05, 0) is 26.2 Å². The smallest absolute Gasteiger partial charge is 0.317 e. The fourth-order valence-corrected chi connectivity index (χ4v) is 1.03. The van der Waals surface area contributed by atoms with Gasteiger partial charge < -0.3 is 15.3 Å². The number of aliphatic hydroxyl groups is 1. The molecule has 0 saturated carbocycles. The number of carbonyl (C=O) groups excluding carboxylic acids is 1. The van der Waals surface area contributed by atoms with Gasteiger partial charge in [0, 0.05) is 26.7 Å². The number of urea groups is 1. The lowest BCUT2D eigenvalue weighted by atomic mass is 10.2. The Bertz CT molecular complexity index is 140. The summed E-state index contributed by atoms with van der Waals surface area (Å²) in [6, 6.07) is -0.0218. The fourth-order valence-electron chi connectivity index (χ4n) is 1.03. The van der Waals surface area contributed by atoms with Crippen molar-refractivity contribution in [2.45, 2.75) is 26.2 Å². The summed E-state index contributed by atoms with van der Waals surface area (Å²) in [5, 5.41) is 11.3. The minimum Gasteiger partial charge on any atom is -0.396 e. The van der Waals surface area contributed by atoms with Crippen LogP contribution >= 0.6 is 0 Å². The first-order chi connectivity index (χ1) is 6.22. The molecule has 0 aromatic heterocycles. The lowest BCUT2D eigenvalue weighted by Crippen LogP contribution is -2.37. The van der Waals surface area contributed by atoms with Crippen LogP contribution in [0.5, 0.6) is 0 Å². The van der Waals surface area contributed by atoms with Crippen LogP contribution in [0.1, 0.15) is 26.2 Å². The zero-order valence-corrected chi connectivity index (χ0v) is 8.55. The highest BCUT2D eigenvalue weighted by Gasteiger charge is 2.04. The van der Waals surface area contributed by atoms with Crippen LogP contribution in [0.2, 0.25) is 0 Å². The second-order valence-corrected chi connectivity index (χ2v) is 3.04. The average Bonchev–Trinajstić information content (AvgIpc) is 2.12. The molecule has 0 rings (SSSR count). The van der Waals surface area contributed by atoms with Crippen LogP contribution in [0.4, 0.5) is 4.79 Å². The number of carbonyl (C=O) groups is 1. The zero-order chi connectivity index (χ0) is 10.1. The third-order valence-electron chi connectivity index (χ3n) is 1.83. The lowest BCUT2D eigenvalue weighted by Gasteiger charge is -2.16. The Hall–Kier alpha value is -0.770. The van der Waals surface area contributed by atoms with Crippen molar-refractivity contribution in [3.63, 3.8) is 0 Å². The molecule has 0 spiro atoms. The fraction of sp³-hybridized carbons (Fsp3) is 0.889. The van der Waals surface area contributed by atoms with E-state index in [-0.39, 0.29) is 12.6 Å². The molecule has 0 bridgehead atoms. The minimum atomic E-state index is -0.0218. The van der Waals surface area contributed by atoms with Gasteiger partial charge >= 0.3 is 6.03 Å². The normalized spacial score (nSPS) is 9.77. The summed E-state index contributed by atoms with van der Waals surface area (Å²) >= 11 is 0. The van der Waals surface area contributed by atoms with Crippen molar-refractivity contribution in [1.82, 2.24) is 10.2 Å². The van der Waals surface area contributed by atoms with Crippen LogP contribution < -0.4 is 5.32 Å². The lowest BCUT2D eigenvalue weighted by molar-refractivity contribution is 0.207. The molecule has 13 heavy (non-hydrogen) atoms. The SMILES string of the molecule is CCNC(=O)N(C)CCCCCO. The van der Waals surface area contributed by atoms with Crippen LogP contribution in [-0.2, 0) is 0 Å². The van der Waals surface area contributed by atoms with Crippen molar-refractivity contribution in [2.75, 3.05) is 26.7 Å². The summed E-state index contributed by atoms with van der Waals surface area (Å²) < 4.78 is 0. The Kier molecular flexibility index (Phi) is 7.39. The van der Waals surface area contributed by atoms with Crippen molar-refractivity contribution in [1.29, 1.82) is 0 Å². The van der Waals surface area contributed by atoms with Crippen molar-refractivity contribution >= 4 is 6.03 Å². The van der Waals surface area contributed by atoms with Crippen LogP contribution in [0, 0.1) is 0 Å². The van der Waals surface area contributed by atoms with Gasteiger partial charge in [0.25, 0.3) is 0 Å². The Morgan fingerprint density at radius 1 is 1.38 bits per heavy atom. The molecule has 0 saturated heterocycles. The molecular weight excluding hydrogens is 168 g/mol. The minimum absolute atomic E-state index is 0.0218. The van der Waals surface area contributed by atoms with Gasteiger partial charge in [0.1, 0.15) is 0 Å². The number of aliphatic hydroxyl groups excluding tert-OH is 1. The van der Waals surface area contributed by atoms with Gasteiger partial charge in [-0.3, -0.25) is 0 Å². The highest BCUT2D eigenvalue weighted by Crippen LogP contribution is 1.96. The molecule has 2 amide bonds. The van der Waals surface area contributed by atoms with Gasteiger partial charge in [-0.2, -0.15) is 0 Å². The molecule has 0 aliphatic carbocycles. The summed E-state index contributed by atoms with van der Waals surface area (Å²) in [7, 11) is 1.78. The van der Waals surface area contributed by atoms with E-state index in [1.54, 1.807) is 11.9 Å². The van der Waals surface area contributed by atoms with Gasteiger partial charge in [-0.15, -0.1) is 0 Å². The summed E-state index contributed by atoms with van der Waals surface area (Å²) in [5.74, 6) is 0. The van der Waals surface area contributed by atoms with E-state index in [0.717, 1.165) is 25.8 Å². The number of nitrogens with one attached hydrogen (secondary N) is 1. The molecule has 4 nitrogen and oxygen atoms in total. The van der Waals surface area contributed by atoms with Crippen LogP contribution in [0.15, 0.2) is 0 Å². The van der Waals surface area contributed by atoms with Crippen molar-refractivity contribution in [3.8, 4) is 0 Å². The number of amides is 2. The second-order valence-electron chi connectivity index (χ2n) is 3.04. The Balaban J connectivity index is 3.38. The van der Waals surface area contributed by atoms with Crippen LogP contribution in [-0.4, -0.2) is 42.8 Å². The van der Waals surface area contributed by atoms with E-state index in [0.29, 0.717) is 6.54 Å². The number of unbranched alkanes of at least 4 members (excludes halogenated alkanes) is 2. The van der Waals surface area contributed by atoms with E-state index in [1.807, 2.05) is 6.92 Å². The monoisotopic (exact) mass is 188 g/mol. The maximum Gasteiger partial charge on any atom is 0.317 e. The Labute approximate surface area is 79.9 Å². The average molecular weight is 188 g/mol. The van der Waals surface area contributed by atoms with Gasteiger partial charge in [0.2, 0.25) is 0 Å². The predicted octanol–water partition coefficient (Wildman–Crippen LogP) is 0.810. The third kappa shape index (κ3) is 6.40. The number of hydrogen-bond donors (Lipinski definition) is 2. The topological polar surface area (TPSA) is 52.6 Å². The number of nitrogens with zero attached hydrogens (tertiary/aromatic N) is 1. The van der Waals surface area contributed by atoms with E-state index in [1.165, 1.54) is 0 Å². The molecule has 0 aromatic carbocycles. The molecule has 0 aliphatic heterocycles. The molecule has 0 aromatic rings. The molecule has 0 heterocycles. The summed E-state index contributed by atoms with van der Waals surface area (Å²) in [4.78, 5) is 12.8. The maximum absolute atomic E-state index is 11.2. The van der Waals surface area contributed by atoms with Gasteiger partial charge in [-0.1, -0.05) is 0 Å². The van der Waals surface area contributed by atoms with E-state index >= 15 is 0 Å². The quantitative estimate of drug-likeness (QED) is 0.606.